The van der Waals surface area contributed by atoms with E-state index in [9.17, 15) is 13.2 Å². The van der Waals surface area contributed by atoms with Gasteiger partial charge < -0.3 is 9.84 Å². The number of sulfonamides is 1. The highest BCUT2D eigenvalue weighted by molar-refractivity contribution is 7.91. The topological polar surface area (TPSA) is 92.7 Å². The number of nitrogens with one attached hydrogen (secondary N) is 1. The molecular formula is C10H13NO5S2. The van der Waals surface area contributed by atoms with Crippen molar-refractivity contribution in [2.45, 2.75) is 23.2 Å². The second kappa shape index (κ2) is 5.35. The molecule has 1 aromatic heterocycles. The minimum atomic E-state index is -3.64. The quantitative estimate of drug-likeness (QED) is 0.841. The van der Waals surface area contributed by atoms with E-state index in [4.69, 9.17) is 9.84 Å². The van der Waals surface area contributed by atoms with Crippen LogP contribution in [-0.4, -0.2) is 38.7 Å². The van der Waals surface area contributed by atoms with Crippen molar-refractivity contribution < 1.29 is 23.1 Å². The summed E-state index contributed by atoms with van der Waals surface area (Å²) in [6.45, 7) is 0.886. The Labute approximate surface area is 109 Å². The van der Waals surface area contributed by atoms with Crippen LogP contribution in [0.25, 0.3) is 0 Å². The third kappa shape index (κ3) is 3.08. The number of carboxylic acids is 1. The summed E-state index contributed by atoms with van der Waals surface area (Å²) in [6, 6.07) is 1.16. The fourth-order valence-corrected chi connectivity index (χ4v) is 3.91. The summed E-state index contributed by atoms with van der Waals surface area (Å²) < 4.78 is 31.5. The van der Waals surface area contributed by atoms with Crippen LogP contribution in [0.15, 0.2) is 15.7 Å². The molecule has 0 radical (unpaired) electrons. The Hall–Kier alpha value is -0.960. The summed E-state index contributed by atoms with van der Waals surface area (Å²) >= 11 is 0.895. The molecule has 2 rings (SSSR count). The Balaban J connectivity index is 2.02. The van der Waals surface area contributed by atoms with E-state index in [1.165, 1.54) is 5.38 Å². The second-order valence-corrected chi connectivity index (χ2v) is 6.85. The maximum Gasteiger partial charge on any atom is 0.336 e. The predicted octanol–water partition coefficient (Wildman–Crippen LogP) is 0.904. The Bertz CT molecular complexity index is 530. The molecule has 1 aliphatic heterocycles. The molecule has 0 aliphatic carbocycles. The number of hydrogen-bond donors (Lipinski definition) is 2. The van der Waals surface area contributed by atoms with E-state index in [2.05, 4.69) is 4.72 Å². The van der Waals surface area contributed by atoms with Crippen LogP contribution < -0.4 is 4.72 Å². The molecular weight excluding hydrogens is 278 g/mol. The predicted molar refractivity (Wildman–Crippen MR) is 65.4 cm³/mol. The van der Waals surface area contributed by atoms with Crippen molar-refractivity contribution in [2.75, 3.05) is 13.2 Å². The summed E-state index contributed by atoms with van der Waals surface area (Å²) in [5.41, 5.74) is -0.0162. The molecule has 0 bridgehead atoms. The number of carbonyl (C=O) groups is 1. The van der Waals surface area contributed by atoms with Gasteiger partial charge in [-0.1, -0.05) is 0 Å². The van der Waals surface area contributed by atoms with E-state index in [0.717, 1.165) is 30.2 Å². The average molecular weight is 291 g/mol. The zero-order valence-corrected chi connectivity index (χ0v) is 11.1. The van der Waals surface area contributed by atoms with Gasteiger partial charge >= 0.3 is 5.97 Å². The Morgan fingerprint density at radius 3 is 2.94 bits per heavy atom. The molecule has 2 N–H and O–H groups in total. The van der Waals surface area contributed by atoms with Gasteiger partial charge in [-0.05, 0) is 18.9 Å². The third-order valence-electron chi connectivity index (χ3n) is 2.61. The van der Waals surface area contributed by atoms with E-state index < -0.39 is 16.0 Å². The van der Waals surface area contributed by atoms with E-state index in [0.29, 0.717) is 6.61 Å². The lowest BCUT2D eigenvalue weighted by Crippen LogP contribution is -2.31. The van der Waals surface area contributed by atoms with Crippen LogP contribution in [-0.2, 0) is 14.8 Å². The van der Waals surface area contributed by atoms with Crippen LogP contribution in [0.2, 0.25) is 0 Å². The first kappa shape index (κ1) is 13.5. The minimum Gasteiger partial charge on any atom is -0.478 e. The molecule has 100 valence electrons. The van der Waals surface area contributed by atoms with Crippen molar-refractivity contribution in [3.63, 3.8) is 0 Å². The van der Waals surface area contributed by atoms with Gasteiger partial charge in [0.05, 0.1) is 11.7 Å². The van der Waals surface area contributed by atoms with E-state index >= 15 is 0 Å². The van der Waals surface area contributed by atoms with Crippen LogP contribution in [0.3, 0.4) is 0 Å². The van der Waals surface area contributed by atoms with Crippen LogP contribution in [0, 0.1) is 0 Å². The van der Waals surface area contributed by atoms with Crippen molar-refractivity contribution >= 4 is 27.3 Å². The maximum absolute atomic E-state index is 11.9. The van der Waals surface area contributed by atoms with Crippen LogP contribution in [0.4, 0.5) is 0 Å². The SMILES string of the molecule is O=C(O)c1csc(S(=O)(=O)NCC2CCCO2)c1. The molecule has 1 saturated heterocycles. The van der Waals surface area contributed by atoms with Gasteiger partial charge in [-0.15, -0.1) is 11.3 Å². The number of ether oxygens (including phenoxy) is 1. The van der Waals surface area contributed by atoms with Crippen LogP contribution in [0.1, 0.15) is 23.2 Å². The van der Waals surface area contributed by atoms with Crippen LogP contribution in [0.5, 0.6) is 0 Å². The highest BCUT2D eigenvalue weighted by Gasteiger charge is 2.22. The molecule has 0 spiro atoms. The lowest BCUT2D eigenvalue weighted by molar-refractivity contribution is 0.0697. The Kier molecular flexibility index (Phi) is 4.00. The highest BCUT2D eigenvalue weighted by Crippen LogP contribution is 2.20. The zero-order chi connectivity index (χ0) is 13.2. The monoisotopic (exact) mass is 291 g/mol. The van der Waals surface area contributed by atoms with Gasteiger partial charge in [0, 0.05) is 18.5 Å². The van der Waals surface area contributed by atoms with Gasteiger partial charge in [0.2, 0.25) is 10.0 Å². The van der Waals surface area contributed by atoms with Crippen molar-refractivity contribution in [2.24, 2.45) is 0 Å². The molecule has 6 nitrogen and oxygen atoms in total. The van der Waals surface area contributed by atoms with Crippen LogP contribution >= 0.6 is 11.3 Å². The van der Waals surface area contributed by atoms with E-state index in [-0.39, 0.29) is 22.4 Å². The van der Waals surface area contributed by atoms with Crippen molar-refractivity contribution in [1.29, 1.82) is 0 Å². The molecule has 8 heteroatoms. The summed E-state index contributed by atoms with van der Waals surface area (Å²) in [5, 5.41) is 10.0. The Morgan fingerprint density at radius 1 is 1.61 bits per heavy atom. The van der Waals surface area contributed by atoms with Gasteiger partial charge in [0.15, 0.2) is 0 Å². The molecule has 2 heterocycles. The van der Waals surface area contributed by atoms with E-state index in [1.54, 1.807) is 0 Å². The Morgan fingerprint density at radius 2 is 2.39 bits per heavy atom. The standard InChI is InChI=1S/C10H13NO5S2/c12-10(13)7-4-9(17-6-7)18(14,15)11-5-8-2-1-3-16-8/h4,6,8,11H,1-3,5H2,(H,12,13). The largest absolute Gasteiger partial charge is 0.478 e. The average Bonchev–Trinajstić information content (AvgIpc) is 2.98. The first-order valence-corrected chi connectivity index (χ1v) is 7.78. The lowest BCUT2D eigenvalue weighted by atomic mass is 10.2. The van der Waals surface area contributed by atoms with Gasteiger partial charge in [0.25, 0.3) is 0 Å². The molecule has 1 aliphatic rings. The maximum atomic E-state index is 11.9. The fourth-order valence-electron chi connectivity index (χ4n) is 1.65. The van der Waals surface area contributed by atoms with Crippen molar-refractivity contribution in [3.8, 4) is 0 Å². The number of carboxylic acid groups (broad SMARTS) is 1. The summed E-state index contributed by atoms with van der Waals surface area (Å²) in [7, 11) is -3.64. The third-order valence-corrected chi connectivity index (χ3v) is 5.48. The molecule has 0 amide bonds. The number of rotatable bonds is 5. The highest BCUT2D eigenvalue weighted by atomic mass is 32.2. The normalized spacial score (nSPS) is 20.1. The molecule has 0 aromatic carbocycles. The smallest absolute Gasteiger partial charge is 0.336 e. The van der Waals surface area contributed by atoms with Crippen molar-refractivity contribution in [1.82, 2.24) is 4.72 Å². The van der Waals surface area contributed by atoms with Gasteiger partial charge in [-0.25, -0.2) is 17.9 Å². The van der Waals surface area contributed by atoms with Gasteiger partial charge in [0.1, 0.15) is 4.21 Å². The first-order chi connectivity index (χ1) is 8.49. The first-order valence-electron chi connectivity index (χ1n) is 5.42. The molecule has 1 atom stereocenters. The molecule has 1 aromatic rings. The molecule has 1 unspecified atom stereocenters. The van der Waals surface area contributed by atoms with Crippen molar-refractivity contribution in [3.05, 3.63) is 17.0 Å². The number of thiophene rings is 1. The van der Waals surface area contributed by atoms with Gasteiger partial charge in [-0.2, -0.15) is 0 Å². The number of hydrogen-bond acceptors (Lipinski definition) is 5. The molecule has 1 fully saturated rings. The summed E-state index contributed by atoms with van der Waals surface area (Å²) in [6.07, 6.45) is 1.70. The molecule has 18 heavy (non-hydrogen) atoms. The second-order valence-electron chi connectivity index (χ2n) is 3.95. The minimum absolute atomic E-state index is 0.0119. The lowest BCUT2D eigenvalue weighted by Gasteiger charge is -2.10. The van der Waals surface area contributed by atoms with Gasteiger partial charge in [-0.3, -0.25) is 0 Å². The number of aromatic carboxylic acids is 1. The van der Waals surface area contributed by atoms with E-state index in [1.807, 2.05) is 0 Å². The fraction of sp³-hybridized carbons (Fsp3) is 0.500. The molecule has 0 saturated carbocycles. The zero-order valence-electron chi connectivity index (χ0n) is 9.46. The summed E-state index contributed by atoms with van der Waals surface area (Å²) in [5.74, 6) is -1.13. The summed E-state index contributed by atoms with van der Waals surface area (Å²) in [4.78, 5) is 10.7.